The highest BCUT2D eigenvalue weighted by Gasteiger charge is 2.14. The molecule has 0 spiro atoms. The van der Waals surface area contributed by atoms with Gasteiger partial charge >= 0.3 is 0 Å². The number of benzene rings is 1. The molecule has 0 heterocycles. The summed E-state index contributed by atoms with van der Waals surface area (Å²) in [5, 5.41) is 9.46. The predicted molar refractivity (Wildman–Crippen MR) is 66.0 cm³/mol. The Labute approximate surface area is 100 Å². The lowest BCUT2D eigenvalue weighted by Crippen LogP contribution is -2.18. The third-order valence-corrected chi connectivity index (χ3v) is 3.18. The van der Waals surface area contributed by atoms with Crippen LogP contribution in [-0.2, 0) is 6.42 Å². The van der Waals surface area contributed by atoms with Gasteiger partial charge in [-0.1, -0.05) is 35.4 Å². The van der Waals surface area contributed by atoms with Gasteiger partial charge in [-0.05, 0) is 36.5 Å². The van der Waals surface area contributed by atoms with E-state index in [4.69, 9.17) is 22.6 Å². The van der Waals surface area contributed by atoms with Crippen LogP contribution in [0.15, 0.2) is 23.8 Å². The number of hydrogen-bond donors (Lipinski definition) is 1. The summed E-state index contributed by atoms with van der Waals surface area (Å²) in [5.41, 5.74) is 9.22. The Bertz CT molecular complexity index is 471. The van der Waals surface area contributed by atoms with Crippen molar-refractivity contribution in [2.75, 3.05) is 0 Å². The van der Waals surface area contributed by atoms with E-state index in [1.165, 1.54) is 11.1 Å². The lowest BCUT2D eigenvalue weighted by Gasteiger charge is -2.18. The van der Waals surface area contributed by atoms with Crippen molar-refractivity contribution in [1.82, 2.24) is 0 Å². The molecule has 1 aromatic rings. The maximum atomic E-state index is 8.69. The van der Waals surface area contributed by atoms with E-state index in [-0.39, 0.29) is 0 Å². The van der Waals surface area contributed by atoms with Crippen molar-refractivity contribution < 1.29 is 0 Å². The highest BCUT2D eigenvalue weighted by Crippen LogP contribution is 2.30. The zero-order chi connectivity index (χ0) is 11.5. The topological polar surface area (TPSA) is 49.8 Å². The van der Waals surface area contributed by atoms with Gasteiger partial charge < -0.3 is 5.73 Å². The molecule has 0 amide bonds. The van der Waals surface area contributed by atoms with Crippen LogP contribution < -0.4 is 5.73 Å². The molecule has 0 bridgehead atoms. The molecule has 82 valence electrons. The SMILES string of the molecule is N#CC(N)CC1=Cc2c(Cl)cccc2CC1. The fraction of sp³-hybridized carbons (Fsp3) is 0.308. The van der Waals surface area contributed by atoms with Crippen molar-refractivity contribution in [3.05, 3.63) is 39.9 Å². The molecule has 0 radical (unpaired) electrons. The summed E-state index contributed by atoms with van der Waals surface area (Å²) in [6.45, 7) is 0. The van der Waals surface area contributed by atoms with Crippen LogP contribution in [-0.4, -0.2) is 6.04 Å². The van der Waals surface area contributed by atoms with Gasteiger partial charge in [-0.15, -0.1) is 0 Å². The van der Waals surface area contributed by atoms with Gasteiger partial charge in [0.2, 0.25) is 0 Å². The van der Waals surface area contributed by atoms with Crippen LogP contribution in [0.5, 0.6) is 0 Å². The lowest BCUT2D eigenvalue weighted by molar-refractivity contribution is 0.763. The molecule has 2 rings (SSSR count). The minimum absolute atomic E-state index is 0.407. The minimum Gasteiger partial charge on any atom is -0.316 e. The van der Waals surface area contributed by atoms with Gasteiger partial charge in [-0.3, -0.25) is 0 Å². The molecule has 1 aliphatic carbocycles. The summed E-state index contributed by atoms with van der Waals surface area (Å²) in [4.78, 5) is 0. The largest absolute Gasteiger partial charge is 0.316 e. The summed E-state index contributed by atoms with van der Waals surface area (Å²) in [5.74, 6) is 0. The maximum absolute atomic E-state index is 8.69. The van der Waals surface area contributed by atoms with Crippen LogP contribution >= 0.6 is 11.6 Å². The molecule has 0 aromatic heterocycles. The van der Waals surface area contributed by atoms with E-state index in [1.54, 1.807) is 0 Å². The second-order valence-corrected chi connectivity index (χ2v) is 4.46. The molecule has 3 heteroatoms. The van der Waals surface area contributed by atoms with E-state index in [9.17, 15) is 0 Å². The highest BCUT2D eigenvalue weighted by atomic mass is 35.5. The third kappa shape index (κ3) is 2.27. The van der Waals surface area contributed by atoms with Gasteiger partial charge in [0.05, 0.1) is 12.1 Å². The molecule has 1 unspecified atom stereocenters. The van der Waals surface area contributed by atoms with Crippen LogP contribution in [0.25, 0.3) is 6.08 Å². The van der Waals surface area contributed by atoms with Crippen LogP contribution in [0.3, 0.4) is 0 Å². The van der Waals surface area contributed by atoms with E-state index in [0.717, 1.165) is 23.4 Å². The molecule has 2 N–H and O–H groups in total. The Hall–Kier alpha value is -1.30. The summed E-state index contributed by atoms with van der Waals surface area (Å²) in [7, 11) is 0. The molecule has 16 heavy (non-hydrogen) atoms. The number of fused-ring (bicyclic) bond motifs is 1. The number of hydrogen-bond acceptors (Lipinski definition) is 2. The van der Waals surface area contributed by atoms with Crippen molar-refractivity contribution in [3.63, 3.8) is 0 Å². The standard InChI is InChI=1S/C13H13ClN2/c14-13-3-1-2-10-5-4-9(7-12(10)13)6-11(16)8-15/h1-3,7,11H,4-6,16H2. The van der Waals surface area contributed by atoms with E-state index in [1.807, 2.05) is 12.1 Å². The van der Waals surface area contributed by atoms with Crippen molar-refractivity contribution in [2.24, 2.45) is 5.73 Å². The van der Waals surface area contributed by atoms with Gasteiger partial charge in [-0.25, -0.2) is 0 Å². The van der Waals surface area contributed by atoms with Crippen molar-refractivity contribution >= 4 is 17.7 Å². The molecular formula is C13H13ClN2. The fourth-order valence-electron chi connectivity index (χ4n) is 2.02. The predicted octanol–water partition coefficient (Wildman–Crippen LogP) is 2.91. The third-order valence-electron chi connectivity index (χ3n) is 2.86. The maximum Gasteiger partial charge on any atom is 0.0965 e. The van der Waals surface area contributed by atoms with Crippen molar-refractivity contribution in [1.29, 1.82) is 5.26 Å². The van der Waals surface area contributed by atoms with Gasteiger partial charge in [-0.2, -0.15) is 5.26 Å². The Morgan fingerprint density at radius 3 is 3.00 bits per heavy atom. The van der Waals surface area contributed by atoms with Crippen molar-refractivity contribution in [3.8, 4) is 6.07 Å². The smallest absolute Gasteiger partial charge is 0.0965 e. The molecule has 1 atom stereocenters. The van der Waals surface area contributed by atoms with Crippen LogP contribution in [0.4, 0.5) is 0 Å². The second-order valence-electron chi connectivity index (χ2n) is 4.05. The molecular weight excluding hydrogens is 220 g/mol. The molecule has 2 nitrogen and oxygen atoms in total. The minimum atomic E-state index is -0.407. The molecule has 0 aliphatic heterocycles. The van der Waals surface area contributed by atoms with E-state index < -0.39 is 6.04 Å². The average Bonchev–Trinajstić information content (AvgIpc) is 2.30. The lowest BCUT2D eigenvalue weighted by atomic mass is 9.89. The number of nitriles is 1. The normalized spacial score (nSPS) is 15.9. The zero-order valence-electron chi connectivity index (χ0n) is 8.91. The summed E-state index contributed by atoms with van der Waals surface area (Å²) in [6, 6.07) is 7.61. The van der Waals surface area contributed by atoms with Crippen molar-refractivity contribution in [2.45, 2.75) is 25.3 Å². The Balaban J connectivity index is 2.28. The van der Waals surface area contributed by atoms with Crippen LogP contribution in [0.2, 0.25) is 5.02 Å². The quantitative estimate of drug-likeness (QED) is 0.853. The number of nitrogens with zero attached hydrogens (tertiary/aromatic N) is 1. The Kier molecular flexibility index (Phi) is 3.28. The molecule has 0 saturated heterocycles. The number of halogens is 1. The van der Waals surface area contributed by atoms with Gasteiger partial charge in [0.25, 0.3) is 0 Å². The van der Waals surface area contributed by atoms with E-state index >= 15 is 0 Å². The number of nitrogens with two attached hydrogens (primary N) is 1. The summed E-state index contributed by atoms with van der Waals surface area (Å²) < 4.78 is 0. The molecule has 1 aliphatic rings. The Morgan fingerprint density at radius 2 is 2.25 bits per heavy atom. The zero-order valence-corrected chi connectivity index (χ0v) is 9.67. The first-order valence-corrected chi connectivity index (χ1v) is 5.70. The fourth-order valence-corrected chi connectivity index (χ4v) is 2.27. The monoisotopic (exact) mass is 232 g/mol. The van der Waals surface area contributed by atoms with Crippen LogP contribution in [0, 0.1) is 11.3 Å². The van der Waals surface area contributed by atoms with E-state index in [0.29, 0.717) is 6.42 Å². The first-order chi connectivity index (χ1) is 7.70. The van der Waals surface area contributed by atoms with Gasteiger partial charge in [0.1, 0.15) is 0 Å². The molecule has 1 aromatic carbocycles. The number of aryl methyl sites for hydroxylation is 1. The number of rotatable bonds is 2. The summed E-state index contributed by atoms with van der Waals surface area (Å²) in [6.07, 6.45) is 4.68. The highest BCUT2D eigenvalue weighted by molar-refractivity contribution is 6.32. The van der Waals surface area contributed by atoms with Crippen LogP contribution in [0.1, 0.15) is 24.0 Å². The molecule has 0 saturated carbocycles. The summed E-state index contributed by atoms with van der Waals surface area (Å²) >= 11 is 6.14. The van der Waals surface area contributed by atoms with Gasteiger partial charge in [0, 0.05) is 5.02 Å². The molecule has 0 fully saturated rings. The van der Waals surface area contributed by atoms with E-state index in [2.05, 4.69) is 18.2 Å². The first-order valence-electron chi connectivity index (χ1n) is 5.32. The first kappa shape index (κ1) is 11.2. The Morgan fingerprint density at radius 1 is 1.44 bits per heavy atom. The second kappa shape index (κ2) is 4.69. The average molecular weight is 233 g/mol. The van der Waals surface area contributed by atoms with Gasteiger partial charge in [0.15, 0.2) is 0 Å².